The van der Waals surface area contributed by atoms with E-state index in [-0.39, 0.29) is 23.8 Å². The third-order valence-electron chi connectivity index (χ3n) is 4.54. The Morgan fingerprint density at radius 1 is 1.48 bits per heavy atom. The molecule has 2 aliphatic heterocycles. The van der Waals surface area contributed by atoms with Crippen LogP contribution in [0, 0.1) is 5.92 Å². The summed E-state index contributed by atoms with van der Waals surface area (Å²) in [7, 11) is 1.75. The van der Waals surface area contributed by atoms with Gasteiger partial charge in [0.25, 0.3) is 0 Å². The zero-order chi connectivity index (χ0) is 16.2. The van der Waals surface area contributed by atoms with Crippen LogP contribution in [0.25, 0.3) is 0 Å². The molecule has 2 fully saturated rings. The third kappa shape index (κ3) is 3.91. The highest BCUT2D eigenvalue weighted by Gasteiger charge is 2.33. The molecule has 7 heteroatoms. The van der Waals surface area contributed by atoms with E-state index in [0.717, 1.165) is 26.3 Å². The lowest BCUT2D eigenvalue weighted by Crippen LogP contribution is -2.44. The van der Waals surface area contributed by atoms with Gasteiger partial charge in [0.15, 0.2) is 0 Å². The Labute approximate surface area is 140 Å². The minimum absolute atomic E-state index is 0.0162. The van der Waals surface area contributed by atoms with Gasteiger partial charge < -0.3 is 15.0 Å². The highest BCUT2D eigenvalue weighted by molar-refractivity contribution is 7.10. The molecule has 0 unspecified atom stereocenters. The van der Waals surface area contributed by atoms with E-state index in [1.165, 1.54) is 4.88 Å². The number of amides is 2. The lowest BCUT2D eigenvalue weighted by Gasteiger charge is -2.34. The monoisotopic (exact) mass is 337 g/mol. The first-order chi connectivity index (χ1) is 11.1. The number of thiophene rings is 1. The fourth-order valence-electron chi connectivity index (χ4n) is 3.16. The van der Waals surface area contributed by atoms with Gasteiger partial charge in [0, 0.05) is 44.5 Å². The summed E-state index contributed by atoms with van der Waals surface area (Å²) in [6.45, 7) is 4.32. The number of hydrogen-bond acceptors (Lipinski definition) is 5. The number of hydrogen-bond donors (Lipinski definition) is 1. The summed E-state index contributed by atoms with van der Waals surface area (Å²) in [5.74, 6) is -0.188. The van der Waals surface area contributed by atoms with Crippen molar-refractivity contribution in [1.82, 2.24) is 15.1 Å². The molecule has 23 heavy (non-hydrogen) atoms. The number of nitrogens with zero attached hydrogens (tertiary/aromatic N) is 2. The maximum atomic E-state index is 12.4. The van der Waals surface area contributed by atoms with Crippen molar-refractivity contribution in [2.45, 2.75) is 12.5 Å². The molecular weight excluding hydrogens is 314 g/mol. The molecule has 0 spiro atoms. The van der Waals surface area contributed by atoms with Crippen molar-refractivity contribution in [2.24, 2.45) is 5.92 Å². The molecule has 0 aliphatic carbocycles. The van der Waals surface area contributed by atoms with Crippen LogP contribution in [0.5, 0.6) is 0 Å². The van der Waals surface area contributed by atoms with E-state index in [0.29, 0.717) is 19.5 Å². The predicted octanol–water partition coefficient (Wildman–Crippen LogP) is 0.716. The van der Waals surface area contributed by atoms with Crippen LogP contribution >= 0.6 is 11.3 Å². The van der Waals surface area contributed by atoms with Gasteiger partial charge in [0.1, 0.15) is 0 Å². The van der Waals surface area contributed by atoms with Crippen LogP contribution in [-0.4, -0.2) is 68.1 Å². The van der Waals surface area contributed by atoms with E-state index in [9.17, 15) is 9.59 Å². The molecule has 0 saturated carbocycles. The number of likely N-dealkylation sites (tertiary alicyclic amines) is 1. The lowest BCUT2D eigenvalue weighted by atomic mass is 10.1. The van der Waals surface area contributed by atoms with Crippen LogP contribution in [0.2, 0.25) is 0 Å². The topological polar surface area (TPSA) is 61.9 Å². The fourth-order valence-corrected chi connectivity index (χ4v) is 4.02. The Morgan fingerprint density at radius 3 is 2.87 bits per heavy atom. The number of carbonyl (C=O) groups is 2. The second-order valence-corrected chi connectivity index (χ2v) is 7.08. The summed E-state index contributed by atoms with van der Waals surface area (Å²) in [6, 6.07) is 4.33. The molecule has 1 aromatic rings. The molecule has 2 atom stereocenters. The first kappa shape index (κ1) is 16.4. The molecule has 2 saturated heterocycles. The van der Waals surface area contributed by atoms with E-state index < -0.39 is 0 Å². The van der Waals surface area contributed by atoms with Crippen LogP contribution in [0.15, 0.2) is 17.5 Å². The Hall–Kier alpha value is -1.44. The van der Waals surface area contributed by atoms with Crippen LogP contribution in [0.3, 0.4) is 0 Å². The summed E-state index contributed by atoms with van der Waals surface area (Å²) < 4.78 is 5.43. The molecule has 0 bridgehead atoms. The number of carbonyl (C=O) groups excluding carboxylic acids is 2. The van der Waals surface area contributed by atoms with Gasteiger partial charge in [-0.2, -0.15) is 0 Å². The Morgan fingerprint density at radius 2 is 2.26 bits per heavy atom. The summed E-state index contributed by atoms with van der Waals surface area (Å²) in [5.41, 5.74) is 0. The number of rotatable bonds is 5. The van der Waals surface area contributed by atoms with Gasteiger partial charge in [-0.15, -0.1) is 11.3 Å². The molecule has 0 aromatic carbocycles. The minimum Gasteiger partial charge on any atom is -0.379 e. The smallest absolute Gasteiger partial charge is 0.225 e. The van der Waals surface area contributed by atoms with Gasteiger partial charge in [-0.3, -0.25) is 14.5 Å². The highest BCUT2D eigenvalue weighted by atomic mass is 32.1. The van der Waals surface area contributed by atoms with Crippen molar-refractivity contribution in [3.63, 3.8) is 0 Å². The zero-order valence-corrected chi connectivity index (χ0v) is 14.2. The number of morpholine rings is 1. The van der Waals surface area contributed by atoms with Crippen LogP contribution in [-0.2, 0) is 14.3 Å². The van der Waals surface area contributed by atoms with Crippen molar-refractivity contribution in [3.05, 3.63) is 22.4 Å². The predicted molar refractivity (Wildman–Crippen MR) is 88.2 cm³/mol. The number of nitrogens with one attached hydrogen (secondary N) is 1. The van der Waals surface area contributed by atoms with Crippen LogP contribution in [0.1, 0.15) is 17.3 Å². The Kier molecular flexibility index (Phi) is 5.30. The molecule has 0 radical (unpaired) electrons. The van der Waals surface area contributed by atoms with Crippen molar-refractivity contribution < 1.29 is 14.3 Å². The van der Waals surface area contributed by atoms with Crippen molar-refractivity contribution in [2.75, 3.05) is 46.4 Å². The standard InChI is InChI=1S/C16H23N3O3S/c1-18-11-12(9-15(18)20)16(21)17-10-13(14-3-2-8-23-14)19-4-6-22-7-5-19/h2-3,8,12-13H,4-7,9-11H2,1H3,(H,17,21)/t12-,13+/m0/s1. The van der Waals surface area contributed by atoms with E-state index in [1.807, 2.05) is 6.07 Å². The van der Waals surface area contributed by atoms with E-state index in [4.69, 9.17) is 4.74 Å². The molecule has 1 aromatic heterocycles. The Balaban J connectivity index is 1.60. The summed E-state index contributed by atoms with van der Waals surface area (Å²) in [4.78, 5) is 29.2. The first-order valence-corrected chi connectivity index (χ1v) is 8.90. The van der Waals surface area contributed by atoms with Gasteiger partial charge in [0.2, 0.25) is 11.8 Å². The van der Waals surface area contributed by atoms with E-state index >= 15 is 0 Å². The summed E-state index contributed by atoms with van der Waals surface area (Å²) in [6.07, 6.45) is 0.323. The molecule has 3 rings (SSSR count). The second-order valence-electron chi connectivity index (χ2n) is 6.10. The first-order valence-electron chi connectivity index (χ1n) is 8.02. The van der Waals surface area contributed by atoms with Gasteiger partial charge in [-0.1, -0.05) is 6.07 Å². The molecule has 6 nitrogen and oxygen atoms in total. The normalized spacial score (nSPS) is 24.0. The largest absolute Gasteiger partial charge is 0.379 e. The van der Waals surface area contributed by atoms with Crippen LogP contribution < -0.4 is 5.32 Å². The second kappa shape index (κ2) is 7.42. The molecule has 2 amide bonds. The SMILES string of the molecule is CN1C[C@@H](C(=O)NC[C@H](c2cccs2)N2CCOCC2)CC1=O. The molecule has 126 valence electrons. The number of ether oxygens (including phenoxy) is 1. The molecule has 2 aliphatic rings. The summed E-state index contributed by atoms with van der Waals surface area (Å²) in [5, 5.41) is 5.12. The minimum atomic E-state index is -0.221. The molecular formula is C16H23N3O3S. The van der Waals surface area contributed by atoms with Crippen molar-refractivity contribution in [1.29, 1.82) is 0 Å². The fraction of sp³-hybridized carbons (Fsp3) is 0.625. The third-order valence-corrected chi connectivity index (χ3v) is 5.51. The molecule has 1 N–H and O–H groups in total. The average molecular weight is 337 g/mol. The van der Waals surface area contributed by atoms with E-state index in [1.54, 1.807) is 23.3 Å². The van der Waals surface area contributed by atoms with Gasteiger partial charge in [0.05, 0.1) is 25.2 Å². The average Bonchev–Trinajstić information content (AvgIpc) is 3.19. The van der Waals surface area contributed by atoms with Crippen molar-refractivity contribution >= 4 is 23.2 Å². The molecule has 3 heterocycles. The zero-order valence-electron chi connectivity index (χ0n) is 13.4. The quantitative estimate of drug-likeness (QED) is 0.860. The Bertz CT molecular complexity index is 543. The highest BCUT2D eigenvalue weighted by Crippen LogP contribution is 2.25. The maximum Gasteiger partial charge on any atom is 0.225 e. The summed E-state index contributed by atoms with van der Waals surface area (Å²) >= 11 is 1.71. The van der Waals surface area contributed by atoms with Crippen LogP contribution in [0.4, 0.5) is 0 Å². The maximum absolute atomic E-state index is 12.4. The van der Waals surface area contributed by atoms with E-state index in [2.05, 4.69) is 21.7 Å². The van der Waals surface area contributed by atoms with Gasteiger partial charge >= 0.3 is 0 Å². The van der Waals surface area contributed by atoms with Crippen molar-refractivity contribution in [3.8, 4) is 0 Å². The van der Waals surface area contributed by atoms with Gasteiger partial charge in [-0.25, -0.2) is 0 Å². The lowest BCUT2D eigenvalue weighted by molar-refractivity contribution is -0.128. The van der Waals surface area contributed by atoms with Gasteiger partial charge in [-0.05, 0) is 11.4 Å².